The van der Waals surface area contributed by atoms with Gasteiger partial charge in [-0.25, -0.2) is 0 Å². The molecular formula is C14H22N2O. The van der Waals surface area contributed by atoms with Crippen LogP contribution >= 0.6 is 0 Å². The summed E-state index contributed by atoms with van der Waals surface area (Å²) in [7, 11) is 1.72. The molecule has 1 aromatic rings. The number of nitrogens with two attached hydrogens (primary N) is 1. The van der Waals surface area contributed by atoms with Gasteiger partial charge in [-0.1, -0.05) is 6.92 Å². The SMILES string of the molecule is CCC1CCCN1Cc1cc(N)ccc1OC. The fourth-order valence-electron chi connectivity index (χ4n) is 2.71. The van der Waals surface area contributed by atoms with Gasteiger partial charge < -0.3 is 10.5 Å². The Morgan fingerprint density at radius 2 is 2.29 bits per heavy atom. The number of ether oxygens (including phenoxy) is 1. The summed E-state index contributed by atoms with van der Waals surface area (Å²) in [6.45, 7) is 4.41. The normalized spacial score (nSPS) is 20.7. The standard InChI is InChI=1S/C14H22N2O/c1-3-13-5-4-8-16(13)10-11-9-12(15)6-7-14(11)17-2/h6-7,9,13H,3-5,8,10,15H2,1-2H3. The lowest BCUT2D eigenvalue weighted by atomic mass is 10.1. The molecule has 1 heterocycles. The second-order valence-electron chi connectivity index (χ2n) is 4.75. The maximum absolute atomic E-state index is 5.85. The number of hydrogen-bond donors (Lipinski definition) is 1. The third-order valence-corrected chi connectivity index (χ3v) is 3.65. The molecule has 0 bridgehead atoms. The number of nitrogen functional groups attached to an aromatic ring is 1. The number of nitrogens with zero attached hydrogens (tertiary/aromatic N) is 1. The van der Waals surface area contributed by atoms with Crippen LogP contribution in [0.3, 0.4) is 0 Å². The molecule has 0 radical (unpaired) electrons. The van der Waals surface area contributed by atoms with Crippen LogP contribution in [0.1, 0.15) is 31.7 Å². The predicted octanol–water partition coefficient (Wildman–Crippen LogP) is 2.65. The van der Waals surface area contributed by atoms with Crippen molar-refractivity contribution in [2.45, 2.75) is 38.8 Å². The smallest absolute Gasteiger partial charge is 0.123 e. The average Bonchev–Trinajstić information content (AvgIpc) is 2.77. The van der Waals surface area contributed by atoms with E-state index >= 15 is 0 Å². The van der Waals surface area contributed by atoms with Crippen molar-refractivity contribution < 1.29 is 4.74 Å². The molecule has 0 aromatic heterocycles. The van der Waals surface area contributed by atoms with Crippen molar-refractivity contribution in [3.63, 3.8) is 0 Å². The van der Waals surface area contributed by atoms with Gasteiger partial charge in [0.1, 0.15) is 5.75 Å². The van der Waals surface area contributed by atoms with Gasteiger partial charge in [0.15, 0.2) is 0 Å². The lowest BCUT2D eigenvalue weighted by Crippen LogP contribution is -2.28. The summed E-state index contributed by atoms with van der Waals surface area (Å²) in [6, 6.07) is 6.61. The lowest BCUT2D eigenvalue weighted by Gasteiger charge is -2.24. The number of rotatable bonds is 4. The van der Waals surface area contributed by atoms with Gasteiger partial charge in [0, 0.05) is 23.8 Å². The third-order valence-electron chi connectivity index (χ3n) is 3.65. The maximum atomic E-state index is 5.85. The molecule has 94 valence electrons. The van der Waals surface area contributed by atoms with Crippen LogP contribution < -0.4 is 10.5 Å². The highest BCUT2D eigenvalue weighted by Crippen LogP contribution is 2.27. The minimum absolute atomic E-state index is 0.723. The van der Waals surface area contributed by atoms with Gasteiger partial charge in [0.25, 0.3) is 0 Å². The molecular weight excluding hydrogens is 212 g/mol. The molecule has 17 heavy (non-hydrogen) atoms. The van der Waals surface area contributed by atoms with E-state index in [2.05, 4.69) is 11.8 Å². The molecule has 1 aliphatic heterocycles. The zero-order valence-electron chi connectivity index (χ0n) is 10.8. The third kappa shape index (κ3) is 2.72. The van der Waals surface area contributed by atoms with Crippen LogP contribution in [-0.4, -0.2) is 24.6 Å². The molecule has 2 N–H and O–H groups in total. The van der Waals surface area contributed by atoms with Gasteiger partial charge in [-0.05, 0) is 44.0 Å². The monoisotopic (exact) mass is 234 g/mol. The van der Waals surface area contributed by atoms with Crippen molar-refractivity contribution >= 4 is 5.69 Å². The Balaban J connectivity index is 2.14. The van der Waals surface area contributed by atoms with Crippen LogP contribution in [0.5, 0.6) is 5.75 Å². The molecule has 0 saturated carbocycles. The molecule has 1 saturated heterocycles. The van der Waals surface area contributed by atoms with Crippen molar-refractivity contribution in [3.8, 4) is 5.75 Å². The minimum atomic E-state index is 0.723. The van der Waals surface area contributed by atoms with E-state index in [1.807, 2.05) is 18.2 Å². The number of methoxy groups -OCH3 is 1. The largest absolute Gasteiger partial charge is 0.496 e. The zero-order chi connectivity index (χ0) is 12.3. The van der Waals surface area contributed by atoms with Crippen molar-refractivity contribution in [2.75, 3.05) is 19.4 Å². The van der Waals surface area contributed by atoms with E-state index in [1.54, 1.807) is 7.11 Å². The fourth-order valence-corrected chi connectivity index (χ4v) is 2.71. The van der Waals surface area contributed by atoms with Crippen LogP contribution in [0.4, 0.5) is 5.69 Å². The lowest BCUT2D eigenvalue weighted by molar-refractivity contribution is 0.236. The van der Waals surface area contributed by atoms with E-state index in [0.717, 1.165) is 24.0 Å². The Hall–Kier alpha value is -1.22. The van der Waals surface area contributed by atoms with Crippen molar-refractivity contribution in [3.05, 3.63) is 23.8 Å². The Bertz CT molecular complexity index is 378. The van der Waals surface area contributed by atoms with E-state index in [4.69, 9.17) is 10.5 Å². The van der Waals surface area contributed by atoms with Crippen LogP contribution in [0.15, 0.2) is 18.2 Å². The summed E-state index contributed by atoms with van der Waals surface area (Å²) in [5, 5.41) is 0. The van der Waals surface area contributed by atoms with E-state index in [-0.39, 0.29) is 0 Å². The quantitative estimate of drug-likeness (QED) is 0.814. The van der Waals surface area contributed by atoms with E-state index < -0.39 is 0 Å². The van der Waals surface area contributed by atoms with Gasteiger partial charge in [-0.15, -0.1) is 0 Å². The summed E-state index contributed by atoms with van der Waals surface area (Å²) in [5.74, 6) is 0.945. The number of anilines is 1. The highest BCUT2D eigenvalue weighted by Gasteiger charge is 2.23. The first kappa shape index (κ1) is 12.2. The predicted molar refractivity (Wildman–Crippen MR) is 71.1 cm³/mol. The van der Waals surface area contributed by atoms with Gasteiger partial charge in [0.2, 0.25) is 0 Å². The first-order chi connectivity index (χ1) is 8.24. The maximum Gasteiger partial charge on any atom is 0.123 e. The second-order valence-corrected chi connectivity index (χ2v) is 4.75. The molecule has 2 rings (SSSR count). The van der Waals surface area contributed by atoms with Crippen molar-refractivity contribution in [1.82, 2.24) is 4.90 Å². The Morgan fingerprint density at radius 3 is 3.00 bits per heavy atom. The highest BCUT2D eigenvalue weighted by atomic mass is 16.5. The van der Waals surface area contributed by atoms with Crippen LogP contribution in [0.2, 0.25) is 0 Å². The van der Waals surface area contributed by atoms with Gasteiger partial charge in [-0.2, -0.15) is 0 Å². The van der Waals surface area contributed by atoms with Gasteiger partial charge in [-0.3, -0.25) is 4.90 Å². The summed E-state index contributed by atoms with van der Waals surface area (Å²) >= 11 is 0. The summed E-state index contributed by atoms with van der Waals surface area (Å²) in [5.41, 5.74) is 7.86. The van der Waals surface area contributed by atoms with Crippen LogP contribution in [-0.2, 0) is 6.54 Å². The molecule has 3 nitrogen and oxygen atoms in total. The van der Waals surface area contributed by atoms with Crippen molar-refractivity contribution in [1.29, 1.82) is 0 Å². The second kappa shape index (κ2) is 5.41. The molecule has 1 unspecified atom stereocenters. The van der Waals surface area contributed by atoms with E-state index in [1.165, 1.54) is 31.4 Å². The zero-order valence-corrected chi connectivity index (χ0v) is 10.8. The Kier molecular flexibility index (Phi) is 3.89. The molecule has 0 amide bonds. The van der Waals surface area contributed by atoms with Crippen molar-refractivity contribution in [2.24, 2.45) is 0 Å². The van der Waals surface area contributed by atoms with Crippen LogP contribution in [0, 0.1) is 0 Å². The number of benzene rings is 1. The summed E-state index contributed by atoms with van der Waals surface area (Å²) in [6.07, 6.45) is 3.86. The molecule has 1 aromatic carbocycles. The van der Waals surface area contributed by atoms with Crippen LogP contribution in [0.25, 0.3) is 0 Å². The first-order valence-electron chi connectivity index (χ1n) is 6.41. The Morgan fingerprint density at radius 1 is 1.47 bits per heavy atom. The molecule has 1 atom stereocenters. The van der Waals surface area contributed by atoms with Gasteiger partial charge >= 0.3 is 0 Å². The first-order valence-corrected chi connectivity index (χ1v) is 6.41. The molecule has 0 aliphatic carbocycles. The van der Waals surface area contributed by atoms with Gasteiger partial charge in [0.05, 0.1) is 7.11 Å². The minimum Gasteiger partial charge on any atom is -0.496 e. The number of hydrogen-bond acceptors (Lipinski definition) is 3. The summed E-state index contributed by atoms with van der Waals surface area (Å²) in [4.78, 5) is 2.54. The fraction of sp³-hybridized carbons (Fsp3) is 0.571. The Labute approximate surface area is 104 Å². The molecule has 1 fully saturated rings. The highest BCUT2D eigenvalue weighted by molar-refractivity contribution is 5.47. The van der Waals surface area contributed by atoms with E-state index in [9.17, 15) is 0 Å². The van der Waals surface area contributed by atoms with E-state index in [0.29, 0.717) is 0 Å². The summed E-state index contributed by atoms with van der Waals surface area (Å²) < 4.78 is 5.40. The average molecular weight is 234 g/mol. The topological polar surface area (TPSA) is 38.5 Å². The molecule has 3 heteroatoms. The molecule has 0 spiro atoms. The number of likely N-dealkylation sites (tertiary alicyclic amines) is 1. The molecule has 1 aliphatic rings.